The third-order valence-electron chi connectivity index (χ3n) is 3.84. The van der Waals surface area contributed by atoms with E-state index in [9.17, 15) is 5.11 Å². The second kappa shape index (κ2) is 10.6. The molecule has 0 saturated heterocycles. The van der Waals surface area contributed by atoms with Gasteiger partial charge < -0.3 is 15.6 Å². The Morgan fingerprint density at radius 3 is 2.62 bits per heavy atom. The van der Waals surface area contributed by atoms with Gasteiger partial charge in [-0.2, -0.15) is 0 Å². The average Bonchev–Trinajstić information content (AvgIpc) is 2.52. The number of aliphatic hydroxyl groups excluding tert-OH is 1. The SMILES string of the molecule is CCC(CC)N(CCO)CCCOc1cccc(CN)c1. The fourth-order valence-corrected chi connectivity index (χ4v) is 2.63. The number of hydrogen-bond donors (Lipinski definition) is 2. The van der Waals surface area contributed by atoms with Crippen LogP contribution >= 0.6 is 0 Å². The molecule has 0 spiro atoms. The van der Waals surface area contributed by atoms with E-state index >= 15 is 0 Å². The maximum atomic E-state index is 9.18. The number of rotatable bonds is 11. The number of nitrogens with two attached hydrogens (primary N) is 1. The van der Waals surface area contributed by atoms with Gasteiger partial charge in [-0.15, -0.1) is 0 Å². The van der Waals surface area contributed by atoms with Crippen LogP contribution in [0.2, 0.25) is 0 Å². The van der Waals surface area contributed by atoms with Gasteiger partial charge in [0.15, 0.2) is 0 Å². The van der Waals surface area contributed by atoms with Gasteiger partial charge >= 0.3 is 0 Å². The molecule has 0 atom stereocenters. The Balaban J connectivity index is 2.36. The van der Waals surface area contributed by atoms with E-state index in [0.29, 0.717) is 19.2 Å². The summed E-state index contributed by atoms with van der Waals surface area (Å²) in [6.07, 6.45) is 3.20. The first-order valence-corrected chi connectivity index (χ1v) is 8.01. The normalized spacial score (nSPS) is 11.3. The van der Waals surface area contributed by atoms with Crippen LogP contribution in [0.1, 0.15) is 38.7 Å². The molecule has 1 aromatic rings. The summed E-state index contributed by atoms with van der Waals surface area (Å²) in [4.78, 5) is 2.36. The standard InChI is InChI=1S/C17H30N2O2/c1-3-16(4-2)19(10-11-20)9-6-12-21-17-8-5-7-15(13-17)14-18/h5,7-8,13,16,20H,3-4,6,9-12,14,18H2,1-2H3. The van der Waals surface area contributed by atoms with Gasteiger partial charge in [0.1, 0.15) is 5.75 Å². The minimum absolute atomic E-state index is 0.218. The topological polar surface area (TPSA) is 58.7 Å². The predicted octanol–water partition coefficient (Wildman–Crippen LogP) is 2.40. The van der Waals surface area contributed by atoms with E-state index in [1.165, 1.54) is 0 Å². The van der Waals surface area contributed by atoms with Crippen LogP contribution in [0.15, 0.2) is 24.3 Å². The smallest absolute Gasteiger partial charge is 0.119 e. The van der Waals surface area contributed by atoms with Crippen molar-refractivity contribution in [1.29, 1.82) is 0 Å². The second-order valence-electron chi connectivity index (χ2n) is 5.28. The van der Waals surface area contributed by atoms with Gasteiger partial charge in [-0.05, 0) is 37.0 Å². The summed E-state index contributed by atoms with van der Waals surface area (Å²) in [6.45, 7) is 7.56. The molecule has 0 aromatic heterocycles. The fraction of sp³-hybridized carbons (Fsp3) is 0.647. The Hall–Kier alpha value is -1.10. The summed E-state index contributed by atoms with van der Waals surface area (Å²) in [6, 6.07) is 8.48. The highest BCUT2D eigenvalue weighted by molar-refractivity contribution is 5.28. The Labute approximate surface area is 128 Å². The van der Waals surface area contributed by atoms with Gasteiger partial charge in [0.05, 0.1) is 13.2 Å². The molecule has 0 unspecified atom stereocenters. The number of aliphatic hydroxyl groups is 1. The highest BCUT2D eigenvalue weighted by Crippen LogP contribution is 2.14. The van der Waals surface area contributed by atoms with Crippen molar-refractivity contribution in [2.45, 2.75) is 45.7 Å². The molecule has 0 bridgehead atoms. The molecular formula is C17H30N2O2. The summed E-state index contributed by atoms with van der Waals surface area (Å²) in [5.74, 6) is 0.884. The molecule has 0 saturated carbocycles. The van der Waals surface area contributed by atoms with Crippen LogP contribution in [0.5, 0.6) is 5.75 Å². The van der Waals surface area contributed by atoms with E-state index in [2.05, 4.69) is 18.7 Å². The molecule has 21 heavy (non-hydrogen) atoms. The second-order valence-corrected chi connectivity index (χ2v) is 5.28. The lowest BCUT2D eigenvalue weighted by Gasteiger charge is -2.29. The molecule has 0 heterocycles. The van der Waals surface area contributed by atoms with Crippen molar-refractivity contribution in [3.63, 3.8) is 0 Å². The maximum absolute atomic E-state index is 9.18. The molecular weight excluding hydrogens is 264 g/mol. The van der Waals surface area contributed by atoms with E-state index in [0.717, 1.165) is 43.7 Å². The first-order valence-electron chi connectivity index (χ1n) is 8.01. The largest absolute Gasteiger partial charge is 0.494 e. The van der Waals surface area contributed by atoms with Crippen LogP contribution < -0.4 is 10.5 Å². The molecule has 0 amide bonds. The Bertz CT molecular complexity index is 381. The van der Waals surface area contributed by atoms with Crippen molar-refractivity contribution < 1.29 is 9.84 Å². The molecule has 3 N–H and O–H groups in total. The van der Waals surface area contributed by atoms with Crippen molar-refractivity contribution in [2.75, 3.05) is 26.3 Å². The van der Waals surface area contributed by atoms with Gasteiger partial charge in [-0.25, -0.2) is 0 Å². The Kier molecular flexibility index (Phi) is 9.06. The quantitative estimate of drug-likeness (QED) is 0.615. The molecule has 4 nitrogen and oxygen atoms in total. The van der Waals surface area contributed by atoms with E-state index in [1.807, 2.05) is 24.3 Å². The van der Waals surface area contributed by atoms with Gasteiger partial charge in [0.2, 0.25) is 0 Å². The molecule has 1 aromatic carbocycles. The maximum Gasteiger partial charge on any atom is 0.119 e. The molecule has 0 aliphatic heterocycles. The summed E-state index contributed by atoms with van der Waals surface area (Å²) in [5.41, 5.74) is 6.71. The number of hydrogen-bond acceptors (Lipinski definition) is 4. The Morgan fingerprint density at radius 1 is 1.24 bits per heavy atom. The zero-order valence-electron chi connectivity index (χ0n) is 13.4. The van der Waals surface area contributed by atoms with Crippen LogP contribution in [-0.2, 0) is 6.54 Å². The van der Waals surface area contributed by atoms with Crippen molar-refractivity contribution in [1.82, 2.24) is 4.90 Å². The summed E-state index contributed by atoms with van der Waals surface area (Å²) >= 11 is 0. The van der Waals surface area contributed by atoms with Crippen molar-refractivity contribution in [3.8, 4) is 5.75 Å². The average molecular weight is 294 g/mol. The van der Waals surface area contributed by atoms with Crippen molar-refractivity contribution in [2.24, 2.45) is 5.73 Å². The third kappa shape index (κ3) is 6.46. The molecule has 1 rings (SSSR count). The van der Waals surface area contributed by atoms with E-state index in [1.54, 1.807) is 0 Å². The zero-order valence-corrected chi connectivity index (χ0v) is 13.4. The monoisotopic (exact) mass is 294 g/mol. The minimum atomic E-state index is 0.218. The summed E-state index contributed by atoms with van der Waals surface area (Å²) < 4.78 is 5.78. The predicted molar refractivity (Wildman–Crippen MR) is 87.5 cm³/mol. The highest BCUT2D eigenvalue weighted by Gasteiger charge is 2.13. The van der Waals surface area contributed by atoms with Gasteiger partial charge in [-0.3, -0.25) is 4.90 Å². The minimum Gasteiger partial charge on any atom is -0.494 e. The van der Waals surface area contributed by atoms with Crippen molar-refractivity contribution >= 4 is 0 Å². The lowest BCUT2D eigenvalue weighted by molar-refractivity contribution is 0.134. The number of nitrogens with zero attached hydrogens (tertiary/aromatic N) is 1. The van der Waals surface area contributed by atoms with Crippen LogP contribution in [0.25, 0.3) is 0 Å². The Morgan fingerprint density at radius 2 is 2.00 bits per heavy atom. The third-order valence-corrected chi connectivity index (χ3v) is 3.84. The summed E-state index contributed by atoms with van der Waals surface area (Å²) in [7, 11) is 0. The van der Waals surface area contributed by atoms with Crippen molar-refractivity contribution in [3.05, 3.63) is 29.8 Å². The van der Waals surface area contributed by atoms with Gasteiger partial charge in [0.25, 0.3) is 0 Å². The fourth-order valence-electron chi connectivity index (χ4n) is 2.63. The van der Waals surface area contributed by atoms with Gasteiger partial charge in [0, 0.05) is 25.7 Å². The lowest BCUT2D eigenvalue weighted by Crippen LogP contribution is -2.37. The first kappa shape index (κ1) is 18.0. The molecule has 0 fully saturated rings. The summed E-state index contributed by atoms with van der Waals surface area (Å²) in [5, 5.41) is 9.18. The first-order chi connectivity index (χ1) is 10.2. The zero-order chi connectivity index (χ0) is 15.5. The number of benzene rings is 1. The highest BCUT2D eigenvalue weighted by atomic mass is 16.5. The van der Waals surface area contributed by atoms with E-state index in [4.69, 9.17) is 10.5 Å². The number of ether oxygens (including phenoxy) is 1. The molecule has 4 heteroatoms. The molecule has 0 radical (unpaired) electrons. The van der Waals surface area contributed by atoms with Crippen LogP contribution in [0, 0.1) is 0 Å². The van der Waals surface area contributed by atoms with E-state index in [-0.39, 0.29) is 6.61 Å². The molecule has 0 aliphatic carbocycles. The lowest BCUT2D eigenvalue weighted by atomic mass is 10.1. The molecule has 120 valence electrons. The van der Waals surface area contributed by atoms with Crippen LogP contribution in [-0.4, -0.2) is 42.4 Å². The van der Waals surface area contributed by atoms with Crippen LogP contribution in [0.3, 0.4) is 0 Å². The molecule has 0 aliphatic rings. The van der Waals surface area contributed by atoms with E-state index < -0.39 is 0 Å². The van der Waals surface area contributed by atoms with Crippen LogP contribution in [0.4, 0.5) is 0 Å². The van der Waals surface area contributed by atoms with Gasteiger partial charge in [-0.1, -0.05) is 26.0 Å².